The Balaban J connectivity index is 1.41. The number of ether oxygens (including phenoxy) is 1. The Bertz CT molecular complexity index is 429. The summed E-state index contributed by atoms with van der Waals surface area (Å²) in [5.74, 6) is -0.220. The monoisotopic (exact) mass is 378 g/mol. The molecule has 27 heavy (non-hydrogen) atoms. The summed E-state index contributed by atoms with van der Waals surface area (Å²) >= 11 is 0. The molecule has 0 aromatic rings. The molecule has 1 aliphatic carbocycles. The molecule has 156 valence electrons. The molecule has 2 fully saturated rings. The van der Waals surface area contributed by atoms with Gasteiger partial charge in [-0.05, 0) is 25.2 Å². The molecule has 0 aromatic carbocycles. The van der Waals surface area contributed by atoms with Gasteiger partial charge in [-0.15, -0.1) is 0 Å². The van der Waals surface area contributed by atoms with E-state index < -0.39 is 5.41 Å². The number of carbonyl (C=O) groups is 2. The van der Waals surface area contributed by atoms with Crippen LogP contribution in [0.5, 0.6) is 0 Å². The molecule has 1 saturated heterocycles. The Kier molecular flexibility index (Phi) is 10.4. The molecule has 1 saturated carbocycles. The molecule has 0 bridgehead atoms. The molecule has 1 heterocycles. The maximum Gasteiger partial charge on any atom is 0.331 e. The van der Waals surface area contributed by atoms with Crippen molar-refractivity contribution in [1.82, 2.24) is 0 Å². The molecule has 0 aromatic heterocycles. The van der Waals surface area contributed by atoms with Gasteiger partial charge in [-0.25, -0.2) is 0 Å². The summed E-state index contributed by atoms with van der Waals surface area (Å²) in [6, 6.07) is 0. The lowest BCUT2D eigenvalue weighted by atomic mass is 9.62. The third kappa shape index (κ3) is 6.61. The van der Waals surface area contributed by atoms with E-state index in [1.165, 1.54) is 83.5 Å². The zero-order valence-electron chi connectivity index (χ0n) is 17.7. The molecular formula is C24H42O3. The summed E-state index contributed by atoms with van der Waals surface area (Å²) in [5.41, 5.74) is -0.727. The van der Waals surface area contributed by atoms with Gasteiger partial charge in [-0.1, -0.05) is 110 Å². The highest BCUT2D eigenvalue weighted by molar-refractivity contribution is 6.14. The molecule has 1 atom stereocenters. The van der Waals surface area contributed by atoms with Crippen LogP contribution in [0, 0.1) is 11.3 Å². The minimum atomic E-state index is -0.727. The lowest BCUT2D eigenvalue weighted by molar-refractivity contribution is -0.206. The third-order valence-electron chi connectivity index (χ3n) is 6.89. The van der Waals surface area contributed by atoms with Gasteiger partial charge in [0.15, 0.2) is 5.41 Å². The van der Waals surface area contributed by atoms with Crippen molar-refractivity contribution >= 4 is 11.9 Å². The summed E-state index contributed by atoms with van der Waals surface area (Å²) in [5, 5.41) is 0. The van der Waals surface area contributed by atoms with Gasteiger partial charge in [0.1, 0.15) is 0 Å². The van der Waals surface area contributed by atoms with Crippen LogP contribution in [0.4, 0.5) is 0 Å². The summed E-state index contributed by atoms with van der Waals surface area (Å²) in [4.78, 5) is 23.9. The fourth-order valence-electron chi connectivity index (χ4n) is 5.06. The molecule has 1 unspecified atom stereocenters. The van der Waals surface area contributed by atoms with Gasteiger partial charge >= 0.3 is 11.9 Å². The SMILES string of the molecule is CCCCCCCCCCCCCCCCC1CCCCC12C(=O)OC2=O. The quantitative estimate of drug-likeness (QED) is 0.173. The number of hydrogen-bond donors (Lipinski definition) is 0. The van der Waals surface area contributed by atoms with E-state index in [2.05, 4.69) is 6.92 Å². The van der Waals surface area contributed by atoms with Crippen LogP contribution in [0.1, 0.15) is 129 Å². The first-order valence-electron chi connectivity index (χ1n) is 12.0. The molecule has 1 spiro atoms. The van der Waals surface area contributed by atoms with E-state index in [1.807, 2.05) is 0 Å². The molecule has 2 rings (SSSR count). The Hall–Kier alpha value is -0.860. The van der Waals surface area contributed by atoms with Crippen LogP contribution in [-0.4, -0.2) is 11.9 Å². The molecule has 2 aliphatic rings. The second-order valence-corrected chi connectivity index (χ2v) is 8.98. The molecule has 3 heteroatoms. The maximum absolute atomic E-state index is 11.9. The van der Waals surface area contributed by atoms with E-state index in [9.17, 15) is 9.59 Å². The van der Waals surface area contributed by atoms with Gasteiger partial charge in [-0.2, -0.15) is 0 Å². The zero-order valence-corrected chi connectivity index (χ0v) is 17.7. The Morgan fingerprint density at radius 1 is 0.741 bits per heavy atom. The highest BCUT2D eigenvalue weighted by Gasteiger charge is 2.63. The van der Waals surface area contributed by atoms with Crippen molar-refractivity contribution in [3.8, 4) is 0 Å². The van der Waals surface area contributed by atoms with Crippen molar-refractivity contribution in [2.75, 3.05) is 0 Å². The Morgan fingerprint density at radius 3 is 1.70 bits per heavy atom. The van der Waals surface area contributed by atoms with Crippen LogP contribution < -0.4 is 0 Å². The van der Waals surface area contributed by atoms with Crippen molar-refractivity contribution in [3.05, 3.63) is 0 Å². The number of carbonyl (C=O) groups excluding carboxylic acids is 2. The van der Waals surface area contributed by atoms with Crippen LogP contribution in [0.15, 0.2) is 0 Å². The van der Waals surface area contributed by atoms with Gasteiger partial charge in [0, 0.05) is 0 Å². The predicted octanol–water partition coefficient (Wildman–Crippen LogP) is 7.12. The molecule has 0 amide bonds. The minimum absolute atomic E-state index is 0.234. The van der Waals surface area contributed by atoms with Crippen LogP contribution in [-0.2, 0) is 14.3 Å². The van der Waals surface area contributed by atoms with Crippen molar-refractivity contribution in [2.45, 2.75) is 129 Å². The number of cyclic esters (lactones) is 2. The average Bonchev–Trinajstić information content (AvgIpc) is 2.68. The summed E-state index contributed by atoms with van der Waals surface area (Å²) < 4.78 is 4.71. The lowest BCUT2D eigenvalue weighted by Gasteiger charge is -2.45. The summed E-state index contributed by atoms with van der Waals surface area (Å²) in [6.45, 7) is 2.28. The standard InChI is InChI=1S/C24H42O3/c1-2-3-4-5-6-7-8-9-10-11-12-13-14-15-18-21-19-16-17-20-24(21)22(25)27-23(24)26/h21H,2-20H2,1H3. The van der Waals surface area contributed by atoms with Gasteiger partial charge in [0.05, 0.1) is 0 Å². The highest BCUT2D eigenvalue weighted by Crippen LogP contribution is 2.50. The topological polar surface area (TPSA) is 43.4 Å². The first-order chi connectivity index (χ1) is 13.2. The van der Waals surface area contributed by atoms with E-state index in [4.69, 9.17) is 4.74 Å². The largest absolute Gasteiger partial charge is 0.391 e. The third-order valence-corrected chi connectivity index (χ3v) is 6.89. The Morgan fingerprint density at radius 2 is 1.22 bits per heavy atom. The Labute approximate surface area is 167 Å². The second kappa shape index (κ2) is 12.6. The summed E-state index contributed by atoms with van der Waals surface area (Å²) in [6.07, 6.45) is 24.0. The zero-order chi connectivity index (χ0) is 19.4. The van der Waals surface area contributed by atoms with E-state index in [-0.39, 0.29) is 17.9 Å². The first-order valence-corrected chi connectivity index (χ1v) is 12.0. The normalized spacial score (nSPS) is 21.3. The second-order valence-electron chi connectivity index (χ2n) is 8.98. The molecular weight excluding hydrogens is 336 g/mol. The van der Waals surface area contributed by atoms with Gasteiger partial charge < -0.3 is 4.74 Å². The number of rotatable bonds is 15. The first kappa shape index (κ1) is 22.4. The summed E-state index contributed by atoms with van der Waals surface area (Å²) in [7, 11) is 0. The van der Waals surface area contributed by atoms with Crippen molar-refractivity contribution in [1.29, 1.82) is 0 Å². The fraction of sp³-hybridized carbons (Fsp3) is 0.917. The smallest absolute Gasteiger partial charge is 0.331 e. The van der Waals surface area contributed by atoms with Gasteiger partial charge in [0.25, 0.3) is 0 Å². The molecule has 3 nitrogen and oxygen atoms in total. The van der Waals surface area contributed by atoms with Crippen LogP contribution >= 0.6 is 0 Å². The van der Waals surface area contributed by atoms with E-state index in [1.54, 1.807) is 0 Å². The maximum atomic E-state index is 11.9. The molecule has 0 radical (unpaired) electrons. The lowest BCUT2D eigenvalue weighted by Crippen LogP contribution is -2.58. The van der Waals surface area contributed by atoms with E-state index in [0.717, 1.165) is 38.5 Å². The van der Waals surface area contributed by atoms with E-state index in [0.29, 0.717) is 0 Å². The van der Waals surface area contributed by atoms with Crippen LogP contribution in [0.3, 0.4) is 0 Å². The van der Waals surface area contributed by atoms with Crippen molar-refractivity contribution < 1.29 is 14.3 Å². The van der Waals surface area contributed by atoms with Crippen molar-refractivity contribution in [2.24, 2.45) is 11.3 Å². The van der Waals surface area contributed by atoms with Gasteiger partial charge in [0.2, 0.25) is 0 Å². The fourth-order valence-corrected chi connectivity index (χ4v) is 5.06. The highest BCUT2D eigenvalue weighted by atomic mass is 16.6. The molecule has 1 aliphatic heterocycles. The minimum Gasteiger partial charge on any atom is -0.391 e. The predicted molar refractivity (Wildman–Crippen MR) is 110 cm³/mol. The van der Waals surface area contributed by atoms with Crippen LogP contribution in [0.25, 0.3) is 0 Å². The number of unbranched alkanes of at least 4 members (excludes halogenated alkanes) is 13. The average molecular weight is 379 g/mol. The van der Waals surface area contributed by atoms with Gasteiger partial charge in [-0.3, -0.25) is 9.59 Å². The number of hydrogen-bond acceptors (Lipinski definition) is 3. The van der Waals surface area contributed by atoms with E-state index >= 15 is 0 Å². The van der Waals surface area contributed by atoms with Crippen molar-refractivity contribution in [3.63, 3.8) is 0 Å². The van der Waals surface area contributed by atoms with Crippen LogP contribution in [0.2, 0.25) is 0 Å². The molecule has 0 N–H and O–H groups in total. The number of esters is 2.